The first kappa shape index (κ1) is 22.2. The lowest BCUT2D eigenvalue weighted by Gasteiger charge is -2.23. The van der Waals surface area contributed by atoms with E-state index in [1.165, 1.54) is 25.0 Å². The van der Waals surface area contributed by atoms with Crippen molar-refractivity contribution in [3.63, 3.8) is 0 Å². The number of nitrogens with one attached hydrogen (secondary N) is 2. The Labute approximate surface area is 177 Å². The summed E-state index contributed by atoms with van der Waals surface area (Å²) < 4.78 is 39.4. The Bertz CT molecular complexity index is 792. The summed E-state index contributed by atoms with van der Waals surface area (Å²) in [4.78, 5) is 12.9. The van der Waals surface area contributed by atoms with Crippen molar-refractivity contribution < 1.29 is 22.7 Å². The molecule has 2 aliphatic rings. The van der Waals surface area contributed by atoms with Gasteiger partial charge < -0.3 is 14.8 Å². The van der Waals surface area contributed by atoms with E-state index in [4.69, 9.17) is 9.47 Å². The number of sulfonamides is 1. The zero-order valence-corrected chi connectivity index (χ0v) is 18.4. The lowest BCUT2D eigenvalue weighted by Crippen LogP contribution is -2.49. The quantitative estimate of drug-likeness (QED) is 0.601. The van der Waals surface area contributed by atoms with Crippen molar-refractivity contribution in [2.24, 2.45) is 0 Å². The molecule has 1 atom stereocenters. The highest BCUT2D eigenvalue weighted by Crippen LogP contribution is 2.32. The fraction of sp³-hybridized carbons (Fsp3) is 0.650. The van der Waals surface area contributed by atoms with Gasteiger partial charge in [0.2, 0.25) is 15.9 Å². The first-order chi connectivity index (χ1) is 14.0. The molecule has 1 unspecified atom stereocenters. The zero-order chi connectivity index (χ0) is 20.7. The van der Waals surface area contributed by atoms with E-state index in [0.717, 1.165) is 25.7 Å². The Balaban J connectivity index is 1.71. The molecule has 1 aliphatic carbocycles. The van der Waals surface area contributed by atoms with Gasteiger partial charge in [-0.05, 0) is 43.4 Å². The third-order valence-electron chi connectivity index (χ3n) is 5.25. The molecule has 1 saturated carbocycles. The van der Waals surface area contributed by atoms with Crippen LogP contribution < -0.4 is 19.5 Å². The molecular weight excluding hydrogens is 412 g/mol. The van der Waals surface area contributed by atoms with Gasteiger partial charge in [0.1, 0.15) is 19.3 Å². The molecule has 29 heavy (non-hydrogen) atoms. The number of hydrogen-bond donors (Lipinski definition) is 2. The van der Waals surface area contributed by atoms with Crippen LogP contribution in [0.3, 0.4) is 0 Å². The first-order valence-electron chi connectivity index (χ1n) is 10.2. The normalized spacial score (nSPS) is 18.7. The molecule has 1 aromatic rings. The topological polar surface area (TPSA) is 93.7 Å². The number of hydrogen-bond acceptors (Lipinski definition) is 6. The van der Waals surface area contributed by atoms with Crippen LogP contribution in [0.2, 0.25) is 0 Å². The Morgan fingerprint density at radius 3 is 2.52 bits per heavy atom. The van der Waals surface area contributed by atoms with Crippen LogP contribution in [0.5, 0.6) is 11.5 Å². The summed E-state index contributed by atoms with van der Waals surface area (Å²) in [5, 5.41) is 3.07. The zero-order valence-electron chi connectivity index (χ0n) is 16.8. The maximum absolute atomic E-state index is 12.9. The van der Waals surface area contributed by atoms with Gasteiger partial charge in [0.15, 0.2) is 11.5 Å². The molecule has 0 radical (unpaired) electrons. The Hall–Kier alpha value is -1.45. The van der Waals surface area contributed by atoms with Crippen LogP contribution in [0.1, 0.15) is 44.9 Å². The Morgan fingerprint density at radius 1 is 1.14 bits per heavy atom. The minimum atomic E-state index is -3.87. The Morgan fingerprint density at radius 2 is 1.83 bits per heavy atom. The van der Waals surface area contributed by atoms with Crippen LogP contribution in [0.15, 0.2) is 23.1 Å². The average molecular weight is 443 g/mol. The monoisotopic (exact) mass is 442 g/mol. The van der Waals surface area contributed by atoms with Gasteiger partial charge in [-0.1, -0.05) is 25.7 Å². The van der Waals surface area contributed by atoms with Crippen LogP contribution in [0.4, 0.5) is 0 Å². The molecule has 0 spiro atoms. The molecule has 1 aliphatic heterocycles. The van der Waals surface area contributed by atoms with Crippen molar-refractivity contribution in [1.29, 1.82) is 0 Å². The smallest absolute Gasteiger partial charge is 0.241 e. The maximum Gasteiger partial charge on any atom is 0.241 e. The largest absolute Gasteiger partial charge is 0.486 e. The summed E-state index contributed by atoms with van der Waals surface area (Å²) in [5.74, 6) is 1.38. The molecule has 0 bridgehead atoms. The van der Waals surface area contributed by atoms with E-state index in [2.05, 4.69) is 10.0 Å². The van der Waals surface area contributed by atoms with Crippen LogP contribution in [0.25, 0.3) is 0 Å². The van der Waals surface area contributed by atoms with E-state index < -0.39 is 16.1 Å². The average Bonchev–Trinajstić information content (AvgIpc) is 2.99. The van der Waals surface area contributed by atoms with Crippen molar-refractivity contribution in [1.82, 2.24) is 10.0 Å². The van der Waals surface area contributed by atoms with E-state index in [1.807, 2.05) is 6.26 Å². The van der Waals surface area contributed by atoms with Crippen LogP contribution in [-0.4, -0.2) is 51.6 Å². The molecule has 2 N–H and O–H groups in total. The van der Waals surface area contributed by atoms with Gasteiger partial charge in [-0.15, -0.1) is 0 Å². The summed E-state index contributed by atoms with van der Waals surface area (Å²) in [6, 6.07) is 3.84. The fourth-order valence-corrected chi connectivity index (χ4v) is 5.37. The van der Waals surface area contributed by atoms with Gasteiger partial charge in [-0.3, -0.25) is 4.79 Å². The number of amides is 1. The number of thioether (sulfide) groups is 1. The molecule has 7 nitrogen and oxygen atoms in total. The molecular formula is C20H30N2O5S2. The van der Waals surface area contributed by atoms with Crippen molar-refractivity contribution in [2.45, 2.75) is 61.9 Å². The number of ether oxygens (including phenoxy) is 2. The van der Waals surface area contributed by atoms with Gasteiger partial charge in [0.05, 0.1) is 4.90 Å². The van der Waals surface area contributed by atoms with E-state index in [1.54, 1.807) is 17.8 Å². The van der Waals surface area contributed by atoms with Gasteiger partial charge in [0.25, 0.3) is 0 Å². The van der Waals surface area contributed by atoms with E-state index in [-0.39, 0.29) is 16.8 Å². The third kappa shape index (κ3) is 6.26. The van der Waals surface area contributed by atoms with Gasteiger partial charge in [-0.2, -0.15) is 16.5 Å². The molecule has 3 rings (SSSR count). The molecule has 0 aromatic heterocycles. The lowest BCUT2D eigenvalue weighted by molar-refractivity contribution is -0.123. The number of benzene rings is 1. The third-order valence-corrected chi connectivity index (χ3v) is 7.36. The minimum Gasteiger partial charge on any atom is -0.486 e. The van der Waals surface area contributed by atoms with Gasteiger partial charge in [0, 0.05) is 12.1 Å². The predicted molar refractivity (Wildman–Crippen MR) is 114 cm³/mol. The molecule has 9 heteroatoms. The predicted octanol–water partition coefficient (Wildman–Crippen LogP) is 2.70. The maximum atomic E-state index is 12.9. The molecule has 0 saturated heterocycles. The minimum absolute atomic E-state index is 0.0677. The van der Waals surface area contributed by atoms with E-state index in [9.17, 15) is 13.2 Å². The number of fused-ring (bicyclic) bond motifs is 1. The highest BCUT2D eigenvalue weighted by atomic mass is 32.2. The van der Waals surface area contributed by atoms with Crippen LogP contribution >= 0.6 is 11.8 Å². The summed E-state index contributed by atoms with van der Waals surface area (Å²) in [5.41, 5.74) is 0. The van der Waals surface area contributed by atoms with Gasteiger partial charge >= 0.3 is 0 Å². The second kappa shape index (κ2) is 10.5. The summed E-state index contributed by atoms with van der Waals surface area (Å²) in [7, 11) is -3.87. The Kier molecular flexibility index (Phi) is 8.08. The lowest BCUT2D eigenvalue weighted by atomic mass is 10.1. The molecule has 1 aromatic carbocycles. The van der Waals surface area contributed by atoms with Crippen molar-refractivity contribution in [3.8, 4) is 11.5 Å². The van der Waals surface area contributed by atoms with Crippen LogP contribution in [0, 0.1) is 0 Å². The number of carbonyl (C=O) groups excluding carboxylic acids is 1. The standard InChI is InChI=1S/C20H30N2O5S2/c1-28-13-10-17(20(23)21-15-6-4-2-3-5-7-15)22-29(24,25)16-8-9-18-19(14-16)27-12-11-26-18/h8-9,14-15,17,22H,2-7,10-13H2,1H3,(H,21,23). The molecule has 1 fully saturated rings. The van der Waals surface area contributed by atoms with E-state index >= 15 is 0 Å². The number of rotatable bonds is 8. The highest BCUT2D eigenvalue weighted by Gasteiger charge is 2.28. The highest BCUT2D eigenvalue weighted by molar-refractivity contribution is 7.98. The van der Waals surface area contributed by atoms with Crippen molar-refractivity contribution >= 4 is 27.7 Å². The van der Waals surface area contributed by atoms with Crippen molar-refractivity contribution in [3.05, 3.63) is 18.2 Å². The van der Waals surface area contributed by atoms with E-state index in [0.29, 0.717) is 36.9 Å². The summed E-state index contributed by atoms with van der Waals surface area (Å²) >= 11 is 1.59. The second-order valence-electron chi connectivity index (χ2n) is 7.46. The SMILES string of the molecule is CSCCC(NS(=O)(=O)c1ccc2c(c1)OCCO2)C(=O)NC1CCCCCC1. The second-order valence-corrected chi connectivity index (χ2v) is 10.2. The van der Waals surface area contributed by atoms with Crippen molar-refractivity contribution in [2.75, 3.05) is 25.2 Å². The molecule has 1 amide bonds. The van der Waals surface area contributed by atoms with Gasteiger partial charge in [-0.25, -0.2) is 8.42 Å². The number of carbonyl (C=O) groups is 1. The van der Waals surface area contributed by atoms with Crippen LogP contribution in [-0.2, 0) is 14.8 Å². The summed E-state index contributed by atoms with van der Waals surface area (Å²) in [6.45, 7) is 0.819. The fourth-order valence-electron chi connectivity index (χ4n) is 3.65. The summed E-state index contributed by atoms with van der Waals surface area (Å²) in [6.07, 6.45) is 8.87. The molecule has 1 heterocycles. The molecule has 162 valence electrons. The first-order valence-corrected chi connectivity index (χ1v) is 13.1.